The second kappa shape index (κ2) is 5.08. The highest BCUT2D eigenvalue weighted by Gasteiger charge is 2.11. The van der Waals surface area contributed by atoms with Gasteiger partial charge in [-0.1, -0.05) is 6.92 Å². The summed E-state index contributed by atoms with van der Waals surface area (Å²) in [5.74, 6) is -1.02. The predicted molar refractivity (Wildman–Crippen MR) is 57.3 cm³/mol. The molecule has 0 fully saturated rings. The van der Waals surface area contributed by atoms with Gasteiger partial charge in [-0.25, -0.2) is 0 Å². The largest absolute Gasteiger partial charge is 0.481 e. The summed E-state index contributed by atoms with van der Waals surface area (Å²) >= 11 is 0. The standard InChI is InChI=1S/C12H11NO3/c1-2-8-3-11(7-14)9(5-12(15)16)4-10(8)6-13/h3-4,7H,2,5H2,1H3,(H,15,16). The number of aryl methyl sites for hydroxylation is 1. The zero-order chi connectivity index (χ0) is 12.1. The van der Waals surface area contributed by atoms with Gasteiger partial charge in [0.15, 0.2) is 0 Å². The lowest BCUT2D eigenvalue weighted by molar-refractivity contribution is -0.136. The van der Waals surface area contributed by atoms with Crippen LogP contribution in [-0.4, -0.2) is 17.4 Å². The van der Waals surface area contributed by atoms with Crippen LogP contribution in [0.2, 0.25) is 0 Å². The number of nitrogens with zero attached hydrogens (tertiary/aromatic N) is 1. The van der Waals surface area contributed by atoms with Crippen LogP contribution >= 0.6 is 0 Å². The van der Waals surface area contributed by atoms with Crippen molar-refractivity contribution in [3.8, 4) is 6.07 Å². The van der Waals surface area contributed by atoms with Crippen LogP contribution < -0.4 is 0 Å². The minimum absolute atomic E-state index is 0.243. The average molecular weight is 217 g/mol. The van der Waals surface area contributed by atoms with Gasteiger partial charge in [-0.15, -0.1) is 0 Å². The van der Waals surface area contributed by atoms with E-state index < -0.39 is 5.97 Å². The number of aldehydes is 1. The van der Waals surface area contributed by atoms with Crippen LogP contribution in [0.4, 0.5) is 0 Å². The van der Waals surface area contributed by atoms with Crippen LogP contribution in [0.25, 0.3) is 0 Å². The number of carbonyl (C=O) groups excluding carboxylic acids is 1. The number of hydrogen-bond acceptors (Lipinski definition) is 3. The number of benzene rings is 1. The quantitative estimate of drug-likeness (QED) is 0.776. The molecule has 0 aliphatic heterocycles. The number of rotatable bonds is 4. The third-order valence-corrected chi connectivity index (χ3v) is 2.34. The van der Waals surface area contributed by atoms with E-state index in [4.69, 9.17) is 10.4 Å². The van der Waals surface area contributed by atoms with Crippen LogP contribution in [0.1, 0.15) is 34.0 Å². The lowest BCUT2D eigenvalue weighted by Gasteiger charge is -2.06. The molecule has 0 aliphatic rings. The van der Waals surface area contributed by atoms with Crippen molar-refractivity contribution in [2.24, 2.45) is 0 Å². The van der Waals surface area contributed by atoms with E-state index in [9.17, 15) is 9.59 Å². The molecular formula is C12H11NO3. The summed E-state index contributed by atoms with van der Waals surface area (Å²) in [5, 5.41) is 17.6. The van der Waals surface area contributed by atoms with Gasteiger partial charge in [-0.05, 0) is 29.7 Å². The Morgan fingerprint density at radius 1 is 1.50 bits per heavy atom. The number of carboxylic acid groups (broad SMARTS) is 1. The monoisotopic (exact) mass is 217 g/mol. The van der Waals surface area contributed by atoms with Crippen LogP contribution in [-0.2, 0) is 17.6 Å². The van der Waals surface area contributed by atoms with E-state index in [2.05, 4.69) is 0 Å². The van der Waals surface area contributed by atoms with Crippen molar-refractivity contribution < 1.29 is 14.7 Å². The molecule has 0 aromatic heterocycles. The van der Waals surface area contributed by atoms with E-state index in [0.29, 0.717) is 29.4 Å². The molecule has 0 bridgehead atoms. The molecule has 1 aromatic carbocycles. The lowest BCUT2D eigenvalue weighted by Crippen LogP contribution is -2.05. The van der Waals surface area contributed by atoms with Crippen LogP contribution in [0, 0.1) is 11.3 Å². The second-order valence-electron chi connectivity index (χ2n) is 3.36. The molecule has 1 rings (SSSR count). The smallest absolute Gasteiger partial charge is 0.307 e. The molecule has 4 heteroatoms. The molecule has 0 spiro atoms. The van der Waals surface area contributed by atoms with Gasteiger partial charge in [0, 0.05) is 5.56 Å². The van der Waals surface area contributed by atoms with Crippen molar-refractivity contribution in [1.82, 2.24) is 0 Å². The molecule has 0 saturated heterocycles. The highest BCUT2D eigenvalue weighted by molar-refractivity contribution is 5.82. The first-order valence-electron chi connectivity index (χ1n) is 4.85. The predicted octanol–water partition coefficient (Wildman–Crippen LogP) is 1.56. The third kappa shape index (κ3) is 2.45. The number of carboxylic acids is 1. The maximum atomic E-state index is 10.8. The molecule has 0 atom stereocenters. The van der Waals surface area contributed by atoms with Gasteiger partial charge in [-0.2, -0.15) is 5.26 Å². The van der Waals surface area contributed by atoms with Gasteiger partial charge in [0.05, 0.1) is 18.1 Å². The topological polar surface area (TPSA) is 78.2 Å². The van der Waals surface area contributed by atoms with E-state index in [1.165, 1.54) is 6.07 Å². The summed E-state index contributed by atoms with van der Waals surface area (Å²) in [7, 11) is 0. The first-order chi connectivity index (χ1) is 7.62. The maximum Gasteiger partial charge on any atom is 0.307 e. The Balaban J connectivity index is 3.32. The number of carbonyl (C=O) groups is 2. The van der Waals surface area contributed by atoms with Crippen molar-refractivity contribution in [3.63, 3.8) is 0 Å². The maximum absolute atomic E-state index is 10.8. The Kier molecular flexibility index (Phi) is 3.78. The molecule has 16 heavy (non-hydrogen) atoms. The van der Waals surface area contributed by atoms with Crippen molar-refractivity contribution >= 4 is 12.3 Å². The fourth-order valence-electron chi connectivity index (χ4n) is 1.53. The molecule has 0 radical (unpaired) electrons. The highest BCUT2D eigenvalue weighted by atomic mass is 16.4. The summed E-state index contributed by atoms with van der Waals surface area (Å²) in [6.07, 6.45) is 1.02. The molecule has 4 nitrogen and oxygen atoms in total. The van der Waals surface area contributed by atoms with Gasteiger partial charge >= 0.3 is 5.97 Å². The molecule has 0 aliphatic carbocycles. The minimum atomic E-state index is -1.02. The Labute approximate surface area is 93.1 Å². The third-order valence-electron chi connectivity index (χ3n) is 2.34. The fraction of sp³-hybridized carbons (Fsp3) is 0.250. The SMILES string of the molecule is CCc1cc(C=O)c(CC(=O)O)cc1C#N. The van der Waals surface area contributed by atoms with Gasteiger partial charge in [-0.3, -0.25) is 9.59 Å². The fourth-order valence-corrected chi connectivity index (χ4v) is 1.53. The van der Waals surface area contributed by atoms with Crippen molar-refractivity contribution in [1.29, 1.82) is 5.26 Å². The Bertz CT molecular complexity index is 472. The summed E-state index contributed by atoms with van der Waals surface area (Å²) in [6.45, 7) is 1.88. The molecule has 1 N–H and O–H groups in total. The first kappa shape index (κ1) is 11.9. The molecule has 0 heterocycles. The zero-order valence-corrected chi connectivity index (χ0v) is 8.86. The molecule has 0 amide bonds. The first-order valence-corrected chi connectivity index (χ1v) is 4.85. The van der Waals surface area contributed by atoms with Crippen molar-refractivity contribution in [2.45, 2.75) is 19.8 Å². The van der Waals surface area contributed by atoms with Crippen molar-refractivity contribution in [3.05, 3.63) is 34.4 Å². The Morgan fingerprint density at radius 3 is 2.62 bits per heavy atom. The Morgan fingerprint density at radius 2 is 2.19 bits per heavy atom. The van der Waals surface area contributed by atoms with E-state index in [0.717, 1.165) is 5.56 Å². The lowest BCUT2D eigenvalue weighted by atomic mass is 9.96. The average Bonchev–Trinajstić information content (AvgIpc) is 2.27. The Hall–Kier alpha value is -2.15. The van der Waals surface area contributed by atoms with Crippen LogP contribution in [0.15, 0.2) is 12.1 Å². The minimum Gasteiger partial charge on any atom is -0.481 e. The molecule has 82 valence electrons. The van der Waals surface area contributed by atoms with Gasteiger partial charge in [0.2, 0.25) is 0 Å². The molecular weight excluding hydrogens is 206 g/mol. The summed E-state index contributed by atoms with van der Waals surface area (Å²) in [5.41, 5.74) is 1.93. The van der Waals surface area contributed by atoms with E-state index in [-0.39, 0.29) is 6.42 Å². The normalized spacial score (nSPS) is 9.50. The highest BCUT2D eigenvalue weighted by Crippen LogP contribution is 2.17. The molecule has 1 aromatic rings. The van der Waals surface area contributed by atoms with E-state index in [1.807, 2.05) is 13.0 Å². The van der Waals surface area contributed by atoms with Gasteiger partial charge in [0.25, 0.3) is 0 Å². The van der Waals surface area contributed by atoms with Crippen LogP contribution in [0.3, 0.4) is 0 Å². The second-order valence-corrected chi connectivity index (χ2v) is 3.36. The molecule has 0 unspecified atom stereocenters. The van der Waals surface area contributed by atoms with Crippen molar-refractivity contribution in [2.75, 3.05) is 0 Å². The summed E-state index contributed by atoms with van der Waals surface area (Å²) in [4.78, 5) is 21.4. The molecule has 0 saturated carbocycles. The van der Waals surface area contributed by atoms with Gasteiger partial charge < -0.3 is 5.11 Å². The van der Waals surface area contributed by atoms with E-state index >= 15 is 0 Å². The van der Waals surface area contributed by atoms with E-state index in [1.54, 1.807) is 6.07 Å². The zero-order valence-electron chi connectivity index (χ0n) is 8.86. The number of aliphatic carboxylic acids is 1. The number of hydrogen-bond donors (Lipinski definition) is 1. The summed E-state index contributed by atoms with van der Waals surface area (Å²) < 4.78 is 0. The van der Waals surface area contributed by atoms with Crippen LogP contribution in [0.5, 0.6) is 0 Å². The number of nitriles is 1. The van der Waals surface area contributed by atoms with Gasteiger partial charge in [0.1, 0.15) is 6.29 Å². The summed E-state index contributed by atoms with van der Waals surface area (Å²) in [6, 6.07) is 5.07.